The highest BCUT2D eigenvalue weighted by atomic mass is 16.5. The molecule has 3 amide bonds. The summed E-state index contributed by atoms with van der Waals surface area (Å²) in [6, 6.07) is 9.27. The van der Waals surface area contributed by atoms with Crippen LogP contribution in [0.2, 0.25) is 0 Å². The Hall–Kier alpha value is -2.66. The Balaban J connectivity index is 2.15. The van der Waals surface area contributed by atoms with Crippen LogP contribution in [0.1, 0.15) is 12.5 Å². The average molecular weight is 310 g/mol. The number of fused-ring (bicyclic) bond motifs is 1. The summed E-state index contributed by atoms with van der Waals surface area (Å²) in [4.78, 5) is 26.1. The molecular formula is C18H18N2O3. The fourth-order valence-corrected chi connectivity index (χ4v) is 2.73. The molecule has 1 aromatic rings. The number of benzene rings is 1. The zero-order valence-electron chi connectivity index (χ0n) is 12.9. The summed E-state index contributed by atoms with van der Waals surface area (Å²) in [6.45, 7) is 2.46. The molecule has 0 spiro atoms. The number of hydrogen-bond donors (Lipinski definition) is 1. The van der Waals surface area contributed by atoms with Crippen LogP contribution in [0.15, 0.2) is 60.3 Å². The van der Waals surface area contributed by atoms with Crippen molar-refractivity contribution < 1.29 is 14.3 Å². The van der Waals surface area contributed by atoms with E-state index >= 15 is 0 Å². The highest BCUT2D eigenvalue weighted by Crippen LogP contribution is 2.33. The van der Waals surface area contributed by atoms with Crippen molar-refractivity contribution >= 4 is 17.5 Å². The van der Waals surface area contributed by atoms with Gasteiger partial charge in [0.15, 0.2) is 0 Å². The fourth-order valence-electron chi connectivity index (χ4n) is 2.73. The van der Waals surface area contributed by atoms with Crippen molar-refractivity contribution in [3.63, 3.8) is 0 Å². The van der Waals surface area contributed by atoms with Gasteiger partial charge in [-0.15, -0.1) is 0 Å². The minimum absolute atomic E-state index is 0.111. The number of rotatable bonds is 4. The van der Waals surface area contributed by atoms with E-state index in [4.69, 9.17) is 4.74 Å². The first-order valence-electron chi connectivity index (χ1n) is 7.57. The van der Waals surface area contributed by atoms with Crippen molar-refractivity contribution in [2.45, 2.75) is 6.92 Å². The van der Waals surface area contributed by atoms with Crippen molar-refractivity contribution in [3.8, 4) is 0 Å². The first kappa shape index (κ1) is 15.2. The van der Waals surface area contributed by atoms with Crippen molar-refractivity contribution in [1.82, 2.24) is 10.2 Å². The van der Waals surface area contributed by atoms with Crippen LogP contribution in [0, 0.1) is 5.92 Å². The molecule has 118 valence electrons. The number of imide groups is 1. The van der Waals surface area contributed by atoms with Crippen molar-refractivity contribution in [2.24, 2.45) is 5.92 Å². The molecule has 1 atom stereocenters. The molecule has 1 N–H and O–H groups in total. The van der Waals surface area contributed by atoms with Gasteiger partial charge in [0.1, 0.15) is 6.73 Å². The largest absolute Gasteiger partial charge is 0.361 e. The molecule has 0 saturated carbocycles. The van der Waals surface area contributed by atoms with Crippen LogP contribution in [-0.2, 0) is 9.53 Å². The monoisotopic (exact) mass is 310 g/mol. The third-order valence-corrected chi connectivity index (χ3v) is 3.81. The van der Waals surface area contributed by atoms with E-state index in [0.717, 1.165) is 11.1 Å². The lowest BCUT2D eigenvalue weighted by Crippen LogP contribution is -2.53. The lowest BCUT2D eigenvalue weighted by Gasteiger charge is -2.34. The summed E-state index contributed by atoms with van der Waals surface area (Å²) in [5, 5.41) is 2.39. The smallest absolute Gasteiger partial charge is 0.330 e. The van der Waals surface area contributed by atoms with E-state index in [2.05, 4.69) is 5.32 Å². The van der Waals surface area contributed by atoms with Crippen LogP contribution >= 0.6 is 0 Å². The number of nitrogens with one attached hydrogen (secondary N) is 1. The summed E-state index contributed by atoms with van der Waals surface area (Å²) < 4.78 is 5.42. The van der Waals surface area contributed by atoms with Gasteiger partial charge in [0.25, 0.3) is 0 Å². The highest BCUT2D eigenvalue weighted by Gasteiger charge is 2.37. The molecule has 0 aromatic heterocycles. The van der Waals surface area contributed by atoms with Gasteiger partial charge in [0, 0.05) is 17.9 Å². The number of ether oxygens (including phenoxy) is 1. The second kappa shape index (κ2) is 6.62. The Kier molecular flexibility index (Phi) is 4.39. The van der Waals surface area contributed by atoms with Crippen LogP contribution < -0.4 is 5.32 Å². The van der Waals surface area contributed by atoms with E-state index in [9.17, 15) is 9.59 Å². The number of amides is 3. The third kappa shape index (κ3) is 2.96. The lowest BCUT2D eigenvalue weighted by atomic mass is 9.93. The topological polar surface area (TPSA) is 58.6 Å². The fraction of sp³-hybridized carbons (Fsp3) is 0.222. The molecule has 1 unspecified atom stereocenters. The Morgan fingerprint density at radius 2 is 1.96 bits per heavy atom. The molecule has 1 saturated heterocycles. The second-order valence-corrected chi connectivity index (χ2v) is 5.23. The van der Waals surface area contributed by atoms with Crippen LogP contribution in [0.25, 0.3) is 5.57 Å². The van der Waals surface area contributed by atoms with Crippen molar-refractivity contribution in [2.75, 3.05) is 13.3 Å². The zero-order valence-corrected chi connectivity index (χ0v) is 12.9. The molecule has 1 aliphatic heterocycles. The van der Waals surface area contributed by atoms with E-state index in [0.29, 0.717) is 12.3 Å². The molecule has 5 nitrogen and oxygen atoms in total. The number of allylic oxidation sites excluding steroid dienone is 4. The standard InChI is InChI=1S/C18H18N2O3/c1-2-23-12-20-16-14(13-8-4-3-5-9-13)10-6-7-11-15(16)17(21)19-18(20)22/h3-11,15H,2,12H2,1H3,(H,19,21,22). The second-order valence-electron chi connectivity index (χ2n) is 5.23. The maximum atomic E-state index is 12.3. The molecule has 0 radical (unpaired) electrons. The average Bonchev–Trinajstić information content (AvgIpc) is 2.79. The predicted octanol–water partition coefficient (Wildman–Crippen LogP) is 2.69. The van der Waals surface area contributed by atoms with E-state index in [1.807, 2.05) is 55.5 Å². The molecule has 1 aromatic carbocycles. The van der Waals surface area contributed by atoms with Gasteiger partial charge in [-0.1, -0.05) is 54.6 Å². The highest BCUT2D eigenvalue weighted by molar-refractivity contribution is 6.04. The van der Waals surface area contributed by atoms with E-state index in [1.165, 1.54) is 4.90 Å². The predicted molar refractivity (Wildman–Crippen MR) is 87.0 cm³/mol. The third-order valence-electron chi connectivity index (χ3n) is 3.81. The Morgan fingerprint density at radius 1 is 1.17 bits per heavy atom. The van der Waals surface area contributed by atoms with Gasteiger partial charge in [-0.05, 0) is 12.5 Å². The van der Waals surface area contributed by atoms with Crippen LogP contribution in [0.4, 0.5) is 4.79 Å². The number of urea groups is 1. The molecule has 23 heavy (non-hydrogen) atoms. The lowest BCUT2D eigenvalue weighted by molar-refractivity contribution is -0.123. The van der Waals surface area contributed by atoms with E-state index in [-0.39, 0.29) is 12.6 Å². The molecular weight excluding hydrogens is 292 g/mol. The minimum atomic E-state index is -0.515. The van der Waals surface area contributed by atoms with Crippen molar-refractivity contribution in [3.05, 3.63) is 65.9 Å². The molecule has 1 fully saturated rings. The van der Waals surface area contributed by atoms with Crippen molar-refractivity contribution in [1.29, 1.82) is 0 Å². The van der Waals surface area contributed by atoms with Gasteiger partial charge >= 0.3 is 6.03 Å². The van der Waals surface area contributed by atoms with Gasteiger partial charge in [0.05, 0.1) is 5.92 Å². The van der Waals surface area contributed by atoms with Gasteiger partial charge in [-0.25, -0.2) is 4.79 Å². The number of nitrogens with zero attached hydrogens (tertiary/aromatic N) is 1. The van der Waals surface area contributed by atoms with Gasteiger partial charge < -0.3 is 4.74 Å². The molecule has 1 heterocycles. The van der Waals surface area contributed by atoms with Crippen LogP contribution in [-0.4, -0.2) is 30.2 Å². The molecule has 5 heteroatoms. The quantitative estimate of drug-likeness (QED) is 0.930. The first-order chi connectivity index (χ1) is 11.2. The van der Waals surface area contributed by atoms with Crippen LogP contribution in [0.5, 0.6) is 0 Å². The summed E-state index contributed by atoms with van der Waals surface area (Å²) in [5.74, 6) is -0.829. The number of hydrogen-bond acceptors (Lipinski definition) is 3. The first-order valence-corrected chi connectivity index (χ1v) is 7.57. The van der Waals surface area contributed by atoms with Gasteiger partial charge in [0.2, 0.25) is 5.91 Å². The molecule has 0 bridgehead atoms. The van der Waals surface area contributed by atoms with Gasteiger partial charge in [-0.2, -0.15) is 0 Å². The van der Waals surface area contributed by atoms with Crippen LogP contribution in [0.3, 0.4) is 0 Å². The normalized spacial score (nSPS) is 20.4. The number of carbonyl (C=O) groups excluding carboxylic acids is 2. The van der Waals surface area contributed by atoms with Gasteiger partial charge in [-0.3, -0.25) is 15.0 Å². The number of carbonyl (C=O) groups is 2. The molecule has 1 aliphatic carbocycles. The maximum absolute atomic E-state index is 12.3. The Morgan fingerprint density at radius 3 is 2.70 bits per heavy atom. The summed E-state index contributed by atoms with van der Waals surface area (Å²) in [7, 11) is 0. The zero-order chi connectivity index (χ0) is 16.2. The molecule has 2 aliphatic rings. The minimum Gasteiger partial charge on any atom is -0.361 e. The Bertz CT molecular complexity index is 704. The summed E-state index contributed by atoms with van der Waals surface area (Å²) in [5.41, 5.74) is 2.46. The maximum Gasteiger partial charge on any atom is 0.330 e. The summed E-state index contributed by atoms with van der Waals surface area (Å²) >= 11 is 0. The van der Waals surface area contributed by atoms with E-state index < -0.39 is 11.9 Å². The summed E-state index contributed by atoms with van der Waals surface area (Å²) in [6.07, 6.45) is 7.42. The molecule has 3 rings (SSSR count). The van der Waals surface area contributed by atoms with E-state index in [1.54, 1.807) is 6.08 Å². The SMILES string of the molecule is CCOCN1C(=O)NC(=O)C2C=CC=CC(c3ccccc3)=C21. The Labute approximate surface area is 134 Å².